The van der Waals surface area contributed by atoms with Crippen LogP contribution in [0.15, 0.2) is 18.2 Å². The molecule has 82 valence electrons. The lowest BCUT2D eigenvalue weighted by Crippen LogP contribution is -2.11. The minimum atomic E-state index is -0.596. The largest absolute Gasteiger partial charge is 0.394 e. The first-order valence-corrected chi connectivity index (χ1v) is 4.91. The van der Waals surface area contributed by atoms with E-state index in [4.69, 9.17) is 9.84 Å². The number of hydrogen-bond donors (Lipinski definition) is 1. The van der Waals surface area contributed by atoms with Crippen molar-refractivity contribution in [3.05, 3.63) is 35.4 Å². The van der Waals surface area contributed by atoms with Crippen molar-refractivity contribution in [3.8, 4) is 0 Å². The molecular formula is C11H12F2O2. The van der Waals surface area contributed by atoms with Gasteiger partial charge in [-0.1, -0.05) is 0 Å². The molecule has 0 amide bonds. The highest BCUT2D eigenvalue weighted by Crippen LogP contribution is 2.32. The molecule has 2 atom stereocenters. The summed E-state index contributed by atoms with van der Waals surface area (Å²) in [7, 11) is 0. The Balaban J connectivity index is 2.16. The Bertz CT molecular complexity index is 334. The maximum absolute atomic E-state index is 12.9. The predicted molar refractivity (Wildman–Crippen MR) is 50.3 cm³/mol. The lowest BCUT2D eigenvalue weighted by Gasteiger charge is -2.12. The van der Waals surface area contributed by atoms with Gasteiger partial charge in [-0.25, -0.2) is 8.78 Å². The van der Waals surface area contributed by atoms with E-state index in [2.05, 4.69) is 0 Å². The third-order valence-corrected chi connectivity index (χ3v) is 2.57. The number of benzene rings is 1. The second-order valence-corrected chi connectivity index (χ2v) is 3.71. The van der Waals surface area contributed by atoms with Crippen molar-refractivity contribution in [2.45, 2.75) is 25.0 Å². The maximum Gasteiger partial charge on any atom is 0.126 e. The van der Waals surface area contributed by atoms with Crippen LogP contribution in [-0.4, -0.2) is 17.8 Å². The van der Waals surface area contributed by atoms with Crippen molar-refractivity contribution in [2.24, 2.45) is 0 Å². The standard InChI is InChI=1S/C11H12F2O2/c12-8-3-7(4-9(13)5-8)11-2-1-10(6-14)15-11/h3-5,10-11,14H,1-2,6H2/t10-,11+/m0/s1. The average molecular weight is 214 g/mol. The van der Waals surface area contributed by atoms with Gasteiger partial charge < -0.3 is 9.84 Å². The molecule has 0 radical (unpaired) electrons. The van der Waals surface area contributed by atoms with Gasteiger partial charge in [-0.2, -0.15) is 0 Å². The van der Waals surface area contributed by atoms with E-state index in [0.717, 1.165) is 12.5 Å². The molecule has 1 aromatic rings. The third-order valence-electron chi connectivity index (χ3n) is 2.57. The van der Waals surface area contributed by atoms with E-state index in [9.17, 15) is 8.78 Å². The number of hydrogen-bond acceptors (Lipinski definition) is 2. The van der Waals surface area contributed by atoms with Crippen LogP contribution in [0.5, 0.6) is 0 Å². The fourth-order valence-corrected chi connectivity index (χ4v) is 1.85. The first-order valence-electron chi connectivity index (χ1n) is 4.91. The summed E-state index contributed by atoms with van der Waals surface area (Å²) >= 11 is 0. The molecule has 2 rings (SSSR count). The molecule has 1 fully saturated rings. The predicted octanol–water partition coefficient (Wildman–Crippen LogP) is 2.18. The molecule has 0 saturated carbocycles. The van der Waals surface area contributed by atoms with Crippen LogP contribution in [-0.2, 0) is 4.74 Å². The van der Waals surface area contributed by atoms with Gasteiger partial charge in [0.2, 0.25) is 0 Å². The molecule has 0 unspecified atom stereocenters. The van der Waals surface area contributed by atoms with Gasteiger partial charge in [0.1, 0.15) is 11.6 Å². The molecule has 1 aromatic carbocycles. The third kappa shape index (κ3) is 2.33. The Hall–Kier alpha value is -1.00. The van der Waals surface area contributed by atoms with E-state index < -0.39 is 11.6 Å². The first-order chi connectivity index (χ1) is 7.19. The fraction of sp³-hybridized carbons (Fsp3) is 0.455. The molecule has 1 aliphatic heterocycles. The van der Waals surface area contributed by atoms with E-state index in [1.807, 2.05) is 0 Å². The maximum atomic E-state index is 12.9. The molecule has 1 saturated heterocycles. The Kier molecular flexibility index (Phi) is 2.98. The van der Waals surface area contributed by atoms with E-state index >= 15 is 0 Å². The van der Waals surface area contributed by atoms with Crippen LogP contribution < -0.4 is 0 Å². The van der Waals surface area contributed by atoms with Gasteiger partial charge in [-0.15, -0.1) is 0 Å². The molecule has 4 heteroatoms. The van der Waals surface area contributed by atoms with Crippen LogP contribution in [0, 0.1) is 11.6 Å². The highest BCUT2D eigenvalue weighted by molar-refractivity contribution is 5.21. The van der Waals surface area contributed by atoms with E-state index in [1.54, 1.807) is 0 Å². The highest BCUT2D eigenvalue weighted by Gasteiger charge is 2.26. The molecule has 15 heavy (non-hydrogen) atoms. The fourth-order valence-electron chi connectivity index (χ4n) is 1.85. The zero-order valence-electron chi connectivity index (χ0n) is 8.12. The van der Waals surface area contributed by atoms with Gasteiger partial charge in [-0.05, 0) is 30.5 Å². The van der Waals surface area contributed by atoms with Crippen LogP contribution in [0.4, 0.5) is 8.78 Å². The van der Waals surface area contributed by atoms with Gasteiger partial charge in [0.25, 0.3) is 0 Å². The highest BCUT2D eigenvalue weighted by atomic mass is 19.1. The van der Waals surface area contributed by atoms with Crippen molar-refractivity contribution < 1.29 is 18.6 Å². The smallest absolute Gasteiger partial charge is 0.126 e. The Morgan fingerprint density at radius 2 is 1.87 bits per heavy atom. The monoisotopic (exact) mass is 214 g/mol. The Morgan fingerprint density at radius 3 is 2.40 bits per heavy atom. The summed E-state index contributed by atoms with van der Waals surface area (Å²) in [6, 6.07) is 3.38. The van der Waals surface area contributed by atoms with Crippen LogP contribution in [0.3, 0.4) is 0 Å². The van der Waals surface area contributed by atoms with Gasteiger partial charge >= 0.3 is 0 Å². The van der Waals surface area contributed by atoms with Gasteiger partial charge in [0.05, 0.1) is 18.8 Å². The number of aliphatic hydroxyl groups excluding tert-OH is 1. The minimum absolute atomic E-state index is 0.0473. The summed E-state index contributed by atoms with van der Waals surface area (Å²) < 4.78 is 31.3. The summed E-state index contributed by atoms with van der Waals surface area (Å²) in [5.74, 6) is -1.19. The number of halogens is 2. The average Bonchev–Trinajstić information content (AvgIpc) is 2.64. The molecule has 1 aliphatic rings. The SMILES string of the molecule is OC[C@@H]1CC[C@H](c2cc(F)cc(F)c2)O1. The molecular weight excluding hydrogens is 202 g/mol. The second-order valence-electron chi connectivity index (χ2n) is 3.71. The summed E-state index contributed by atoms with van der Waals surface area (Å²) in [6.07, 6.45) is 0.904. The van der Waals surface area contributed by atoms with Crippen molar-refractivity contribution in [1.82, 2.24) is 0 Å². The summed E-state index contributed by atoms with van der Waals surface area (Å²) in [4.78, 5) is 0. The molecule has 0 aromatic heterocycles. The zero-order valence-corrected chi connectivity index (χ0v) is 8.12. The van der Waals surface area contributed by atoms with E-state index in [0.29, 0.717) is 12.0 Å². The molecule has 0 aliphatic carbocycles. The van der Waals surface area contributed by atoms with Gasteiger partial charge in [-0.3, -0.25) is 0 Å². The zero-order chi connectivity index (χ0) is 10.8. The van der Waals surface area contributed by atoms with Gasteiger partial charge in [0, 0.05) is 6.07 Å². The normalized spacial score (nSPS) is 25.8. The molecule has 0 bridgehead atoms. The topological polar surface area (TPSA) is 29.5 Å². The Morgan fingerprint density at radius 1 is 1.20 bits per heavy atom. The van der Waals surface area contributed by atoms with Crippen LogP contribution >= 0.6 is 0 Å². The number of ether oxygens (including phenoxy) is 1. The van der Waals surface area contributed by atoms with Crippen LogP contribution in [0.1, 0.15) is 24.5 Å². The van der Waals surface area contributed by atoms with Crippen molar-refractivity contribution in [2.75, 3.05) is 6.61 Å². The molecule has 2 nitrogen and oxygen atoms in total. The number of rotatable bonds is 2. The summed E-state index contributed by atoms with van der Waals surface area (Å²) in [5, 5.41) is 8.87. The van der Waals surface area contributed by atoms with Gasteiger partial charge in [0.15, 0.2) is 0 Å². The van der Waals surface area contributed by atoms with E-state index in [-0.39, 0.29) is 18.8 Å². The molecule has 1 N–H and O–H groups in total. The molecule has 0 spiro atoms. The minimum Gasteiger partial charge on any atom is -0.394 e. The second kappa shape index (κ2) is 4.24. The van der Waals surface area contributed by atoms with Crippen molar-refractivity contribution in [1.29, 1.82) is 0 Å². The van der Waals surface area contributed by atoms with Crippen molar-refractivity contribution in [3.63, 3.8) is 0 Å². The van der Waals surface area contributed by atoms with E-state index in [1.165, 1.54) is 12.1 Å². The number of aliphatic hydroxyl groups is 1. The Labute approximate surface area is 86.5 Å². The lowest BCUT2D eigenvalue weighted by atomic mass is 10.1. The van der Waals surface area contributed by atoms with Crippen molar-refractivity contribution >= 4 is 0 Å². The van der Waals surface area contributed by atoms with Crippen LogP contribution in [0.2, 0.25) is 0 Å². The lowest BCUT2D eigenvalue weighted by molar-refractivity contribution is 0.0107. The summed E-state index contributed by atoms with van der Waals surface area (Å²) in [6.45, 7) is -0.0473. The first kappa shape index (κ1) is 10.5. The molecule has 1 heterocycles. The summed E-state index contributed by atoms with van der Waals surface area (Å²) in [5.41, 5.74) is 0.503. The van der Waals surface area contributed by atoms with Crippen LogP contribution in [0.25, 0.3) is 0 Å². The quantitative estimate of drug-likeness (QED) is 0.817.